The lowest BCUT2D eigenvalue weighted by Crippen LogP contribution is -2.28. The number of anilines is 1. The van der Waals surface area contributed by atoms with Crippen LogP contribution in [0.3, 0.4) is 0 Å². The van der Waals surface area contributed by atoms with Gasteiger partial charge in [0.05, 0.1) is 11.2 Å². The molecule has 0 bridgehead atoms. The molecule has 3 nitrogen and oxygen atoms in total. The van der Waals surface area contributed by atoms with Crippen molar-refractivity contribution < 1.29 is 0 Å². The van der Waals surface area contributed by atoms with Crippen LogP contribution in [0.4, 0.5) is 5.13 Å². The van der Waals surface area contributed by atoms with Crippen LogP contribution in [-0.2, 0) is 5.54 Å². The predicted octanol–water partition coefficient (Wildman–Crippen LogP) is 1.38. The maximum Gasteiger partial charge on any atom is 0.182 e. The normalized spacial score (nSPS) is 11.6. The molecule has 0 radical (unpaired) electrons. The van der Waals surface area contributed by atoms with Crippen molar-refractivity contribution >= 4 is 16.5 Å². The topological polar surface area (TPSA) is 50.9 Å². The van der Waals surface area contributed by atoms with Gasteiger partial charge in [0.25, 0.3) is 0 Å². The third-order valence-corrected chi connectivity index (χ3v) is 2.24. The first-order valence-electron chi connectivity index (χ1n) is 3.46. The standard InChI is InChI=1S/C7H13N3S/c1-7(2,8)5-4-11-6(9-3)10-5/h4H,8H2,1-3H3,(H,9,10). The average molecular weight is 171 g/mol. The van der Waals surface area contributed by atoms with Gasteiger partial charge in [-0.05, 0) is 13.8 Å². The third-order valence-electron chi connectivity index (χ3n) is 1.38. The van der Waals surface area contributed by atoms with Crippen LogP contribution in [-0.4, -0.2) is 12.0 Å². The fourth-order valence-corrected chi connectivity index (χ4v) is 1.53. The lowest BCUT2D eigenvalue weighted by atomic mass is 10.0. The van der Waals surface area contributed by atoms with Gasteiger partial charge in [-0.25, -0.2) is 4.98 Å². The molecule has 1 rings (SSSR count). The first kappa shape index (κ1) is 8.49. The monoisotopic (exact) mass is 171 g/mol. The maximum absolute atomic E-state index is 5.84. The summed E-state index contributed by atoms with van der Waals surface area (Å²) in [6.07, 6.45) is 0. The summed E-state index contributed by atoms with van der Waals surface area (Å²) in [6.45, 7) is 3.89. The zero-order chi connectivity index (χ0) is 8.48. The van der Waals surface area contributed by atoms with Crippen molar-refractivity contribution in [2.45, 2.75) is 19.4 Å². The molecule has 0 amide bonds. The van der Waals surface area contributed by atoms with E-state index in [2.05, 4.69) is 10.3 Å². The molecule has 0 aliphatic rings. The van der Waals surface area contributed by atoms with Crippen molar-refractivity contribution in [3.63, 3.8) is 0 Å². The Morgan fingerprint density at radius 1 is 1.64 bits per heavy atom. The van der Waals surface area contributed by atoms with Crippen LogP contribution in [0.5, 0.6) is 0 Å². The Kier molecular flexibility index (Phi) is 2.15. The summed E-state index contributed by atoms with van der Waals surface area (Å²) in [4.78, 5) is 4.28. The van der Waals surface area contributed by atoms with Crippen molar-refractivity contribution in [1.82, 2.24) is 4.98 Å². The molecule has 1 aromatic heterocycles. The van der Waals surface area contributed by atoms with Gasteiger partial charge in [0, 0.05) is 12.4 Å². The van der Waals surface area contributed by atoms with E-state index in [0.717, 1.165) is 10.8 Å². The largest absolute Gasteiger partial charge is 0.365 e. The third kappa shape index (κ3) is 1.91. The fourth-order valence-electron chi connectivity index (χ4n) is 0.685. The summed E-state index contributed by atoms with van der Waals surface area (Å²) in [7, 11) is 1.85. The van der Waals surface area contributed by atoms with Crippen LogP contribution in [0.2, 0.25) is 0 Å². The minimum Gasteiger partial charge on any atom is -0.365 e. The number of nitrogens with zero attached hydrogens (tertiary/aromatic N) is 1. The molecule has 4 heteroatoms. The van der Waals surface area contributed by atoms with Gasteiger partial charge in [-0.1, -0.05) is 0 Å². The second-order valence-electron chi connectivity index (χ2n) is 3.01. The lowest BCUT2D eigenvalue weighted by molar-refractivity contribution is 0.539. The van der Waals surface area contributed by atoms with Crippen LogP contribution >= 0.6 is 11.3 Å². The first-order chi connectivity index (χ1) is 5.04. The highest BCUT2D eigenvalue weighted by Crippen LogP contribution is 2.22. The highest BCUT2D eigenvalue weighted by Gasteiger charge is 2.17. The van der Waals surface area contributed by atoms with E-state index in [-0.39, 0.29) is 5.54 Å². The van der Waals surface area contributed by atoms with Crippen LogP contribution < -0.4 is 11.1 Å². The average Bonchev–Trinajstić information content (AvgIpc) is 2.32. The zero-order valence-electron chi connectivity index (χ0n) is 7.01. The number of rotatable bonds is 2. The van der Waals surface area contributed by atoms with Crippen LogP contribution in [0.1, 0.15) is 19.5 Å². The molecule has 62 valence electrons. The highest BCUT2D eigenvalue weighted by molar-refractivity contribution is 7.13. The molecule has 0 spiro atoms. The number of nitrogens with two attached hydrogens (primary N) is 1. The molecular weight excluding hydrogens is 158 g/mol. The molecule has 0 atom stereocenters. The van der Waals surface area contributed by atoms with Crippen molar-refractivity contribution in [1.29, 1.82) is 0 Å². The summed E-state index contributed by atoms with van der Waals surface area (Å²) in [5.41, 5.74) is 6.45. The fraction of sp³-hybridized carbons (Fsp3) is 0.571. The number of hydrogen-bond donors (Lipinski definition) is 2. The predicted molar refractivity (Wildman–Crippen MR) is 48.9 cm³/mol. The molecule has 3 N–H and O–H groups in total. The Morgan fingerprint density at radius 3 is 2.55 bits per heavy atom. The SMILES string of the molecule is CNc1nc(C(C)(C)N)cs1. The lowest BCUT2D eigenvalue weighted by Gasteiger charge is -2.14. The second-order valence-corrected chi connectivity index (χ2v) is 3.87. The van der Waals surface area contributed by atoms with Gasteiger partial charge >= 0.3 is 0 Å². The summed E-state index contributed by atoms with van der Waals surface area (Å²) in [5.74, 6) is 0. The first-order valence-corrected chi connectivity index (χ1v) is 4.34. The molecule has 1 heterocycles. The van der Waals surface area contributed by atoms with E-state index >= 15 is 0 Å². The van der Waals surface area contributed by atoms with Gasteiger partial charge in [-0.2, -0.15) is 0 Å². The molecule has 0 saturated carbocycles. The van der Waals surface area contributed by atoms with E-state index in [1.165, 1.54) is 0 Å². The smallest absolute Gasteiger partial charge is 0.182 e. The van der Waals surface area contributed by atoms with Gasteiger partial charge in [0.1, 0.15) is 0 Å². The molecular formula is C7H13N3S. The Labute approximate surface area is 70.6 Å². The quantitative estimate of drug-likeness (QED) is 0.706. The van der Waals surface area contributed by atoms with Gasteiger partial charge in [0.15, 0.2) is 5.13 Å². The van der Waals surface area contributed by atoms with E-state index in [1.807, 2.05) is 26.3 Å². The summed E-state index contributed by atoms with van der Waals surface area (Å²) in [5, 5.41) is 5.86. The molecule has 0 unspecified atom stereocenters. The Hall–Kier alpha value is -0.610. The number of aromatic nitrogens is 1. The van der Waals surface area contributed by atoms with E-state index in [9.17, 15) is 0 Å². The summed E-state index contributed by atoms with van der Waals surface area (Å²) < 4.78 is 0. The van der Waals surface area contributed by atoms with Crippen molar-refractivity contribution in [3.05, 3.63) is 11.1 Å². The van der Waals surface area contributed by atoms with E-state index in [1.54, 1.807) is 11.3 Å². The van der Waals surface area contributed by atoms with Crippen LogP contribution in [0.15, 0.2) is 5.38 Å². The summed E-state index contributed by atoms with van der Waals surface area (Å²) in [6, 6.07) is 0. The molecule has 0 aliphatic carbocycles. The second kappa shape index (κ2) is 2.79. The highest BCUT2D eigenvalue weighted by atomic mass is 32.1. The minimum absolute atomic E-state index is 0.328. The van der Waals surface area contributed by atoms with E-state index < -0.39 is 0 Å². The molecule has 0 aliphatic heterocycles. The van der Waals surface area contributed by atoms with Crippen molar-refractivity contribution in [3.8, 4) is 0 Å². The number of nitrogens with one attached hydrogen (secondary N) is 1. The molecule has 11 heavy (non-hydrogen) atoms. The van der Waals surface area contributed by atoms with Crippen molar-refractivity contribution in [2.75, 3.05) is 12.4 Å². The van der Waals surface area contributed by atoms with E-state index in [4.69, 9.17) is 5.73 Å². The summed E-state index contributed by atoms with van der Waals surface area (Å²) >= 11 is 1.57. The van der Waals surface area contributed by atoms with E-state index in [0.29, 0.717) is 0 Å². The Balaban J connectivity index is 2.89. The van der Waals surface area contributed by atoms with Gasteiger partial charge < -0.3 is 11.1 Å². The zero-order valence-corrected chi connectivity index (χ0v) is 7.83. The van der Waals surface area contributed by atoms with Gasteiger partial charge in [-0.3, -0.25) is 0 Å². The molecule has 0 aromatic carbocycles. The van der Waals surface area contributed by atoms with Crippen molar-refractivity contribution in [2.24, 2.45) is 5.73 Å². The molecule has 0 saturated heterocycles. The molecule has 0 fully saturated rings. The van der Waals surface area contributed by atoms with Crippen LogP contribution in [0.25, 0.3) is 0 Å². The Morgan fingerprint density at radius 2 is 2.27 bits per heavy atom. The van der Waals surface area contributed by atoms with Gasteiger partial charge in [0.2, 0.25) is 0 Å². The Bertz CT molecular complexity index is 236. The van der Waals surface area contributed by atoms with Crippen LogP contribution in [0, 0.1) is 0 Å². The molecule has 1 aromatic rings. The number of thiazole rings is 1. The minimum atomic E-state index is -0.328. The maximum atomic E-state index is 5.84. The van der Waals surface area contributed by atoms with Gasteiger partial charge in [-0.15, -0.1) is 11.3 Å². The number of hydrogen-bond acceptors (Lipinski definition) is 4.